The van der Waals surface area contributed by atoms with Crippen LogP contribution in [-0.4, -0.2) is 17.1 Å². The largest absolute Gasteiger partial charge is 0.496 e. The second-order valence-corrected chi connectivity index (χ2v) is 4.09. The van der Waals surface area contributed by atoms with Crippen LogP contribution in [0.5, 0.6) is 5.75 Å². The highest BCUT2D eigenvalue weighted by Crippen LogP contribution is 2.27. The molecule has 1 aromatic heterocycles. The Kier molecular flexibility index (Phi) is 4.09. The Morgan fingerprint density at radius 3 is 2.63 bits per heavy atom. The number of ether oxygens (including phenoxy) is 1. The van der Waals surface area contributed by atoms with E-state index in [4.69, 9.17) is 4.74 Å². The maximum Gasteiger partial charge on any atom is 0.149 e. The van der Waals surface area contributed by atoms with Crippen LogP contribution in [-0.2, 0) is 6.42 Å². The third kappa shape index (κ3) is 2.71. The number of rotatable bonds is 4. The van der Waals surface area contributed by atoms with Crippen LogP contribution in [0.3, 0.4) is 0 Å². The minimum Gasteiger partial charge on any atom is -0.496 e. The standard InChI is InChI=1S/C15H15N3O/c1-3-11-9-12(5-6-14(11)19-2)13(10-16)15-17-7-4-8-18-15/h4-9,13H,3H2,1-2H3. The van der Waals surface area contributed by atoms with Gasteiger partial charge in [0.1, 0.15) is 17.5 Å². The van der Waals surface area contributed by atoms with Crippen LogP contribution in [0.1, 0.15) is 29.8 Å². The molecular weight excluding hydrogens is 238 g/mol. The lowest BCUT2D eigenvalue weighted by Crippen LogP contribution is -2.04. The van der Waals surface area contributed by atoms with E-state index in [0.717, 1.165) is 23.3 Å². The molecule has 19 heavy (non-hydrogen) atoms. The third-order valence-electron chi connectivity index (χ3n) is 2.99. The quantitative estimate of drug-likeness (QED) is 0.840. The maximum absolute atomic E-state index is 9.36. The van der Waals surface area contributed by atoms with Crippen molar-refractivity contribution in [3.63, 3.8) is 0 Å². The van der Waals surface area contributed by atoms with Crippen LogP contribution < -0.4 is 4.74 Å². The van der Waals surface area contributed by atoms with Crippen molar-refractivity contribution in [3.05, 3.63) is 53.6 Å². The van der Waals surface area contributed by atoms with E-state index in [1.165, 1.54) is 0 Å². The molecule has 1 atom stereocenters. The van der Waals surface area contributed by atoms with Gasteiger partial charge in [-0.05, 0) is 29.7 Å². The molecule has 1 unspecified atom stereocenters. The van der Waals surface area contributed by atoms with E-state index < -0.39 is 5.92 Å². The van der Waals surface area contributed by atoms with E-state index in [0.29, 0.717) is 5.82 Å². The number of hydrogen-bond donors (Lipinski definition) is 0. The van der Waals surface area contributed by atoms with Crippen LogP contribution >= 0.6 is 0 Å². The minimum atomic E-state index is -0.447. The van der Waals surface area contributed by atoms with Crippen LogP contribution in [0.15, 0.2) is 36.7 Å². The number of aromatic nitrogens is 2. The molecule has 0 aliphatic heterocycles. The molecule has 0 N–H and O–H groups in total. The number of hydrogen-bond acceptors (Lipinski definition) is 4. The lowest BCUT2D eigenvalue weighted by Gasteiger charge is -2.12. The zero-order chi connectivity index (χ0) is 13.7. The van der Waals surface area contributed by atoms with E-state index in [9.17, 15) is 5.26 Å². The van der Waals surface area contributed by atoms with Crippen molar-refractivity contribution in [2.24, 2.45) is 0 Å². The summed E-state index contributed by atoms with van der Waals surface area (Å²) >= 11 is 0. The molecule has 0 spiro atoms. The molecule has 96 valence electrons. The smallest absolute Gasteiger partial charge is 0.149 e. The van der Waals surface area contributed by atoms with E-state index in [1.807, 2.05) is 18.2 Å². The van der Waals surface area contributed by atoms with Crippen molar-refractivity contribution >= 4 is 0 Å². The monoisotopic (exact) mass is 253 g/mol. The predicted molar refractivity (Wildman–Crippen MR) is 71.9 cm³/mol. The van der Waals surface area contributed by atoms with Crippen molar-refractivity contribution in [3.8, 4) is 11.8 Å². The first-order valence-corrected chi connectivity index (χ1v) is 6.13. The maximum atomic E-state index is 9.36. The van der Waals surface area contributed by atoms with Gasteiger partial charge in [-0.15, -0.1) is 0 Å². The number of nitrogens with zero attached hydrogens (tertiary/aromatic N) is 3. The highest BCUT2D eigenvalue weighted by atomic mass is 16.5. The van der Waals surface area contributed by atoms with Crippen molar-refractivity contribution in [1.29, 1.82) is 5.26 Å². The van der Waals surface area contributed by atoms with Crippen LogP contribution in [0.4, 0.5) is 0 Å². The van der Waals surface area contributed by atoms with Crippen LogP contribution in [0.25, 0.3) is 0 Å². The molecule has 0 bridgehead atoms. The summed E-state index contributed by atoms with van der Waals surface area (Å²) in [6.45, 7) is 2.06. The van der Waals surface area contributed by atoms with Gasteiger partial charge in [0.25, 0.3) is 0 Å². The molecule has 0 aliphatic carbocycles. The summed E-state index contributed by atoms with van der Waals surface area (Å²) in [7, 11) is 1.65. The highest BCUT2D eigenvalue weighted by Gasteiger charge is 2.17. The Morgan fingerprint density at radius 2 is 2.05 bits per heavy atom. The molecular formula is C15H15N3O. The fraction of sp³-hybridized carbons (Fsp3) is 0.267. The fourth-order valence-corrected chi connectivity index (χ4v) is 2.00. The molecule has 4 heteroatoms. The third-order valence-corrected chi connectivity index (χ3v) is 2.99. The van der Waals surface area contributed by atoms with Gasteiger partial charge in [-0.1, -0.05) is 19.1 Å². The molecule has 2 aromatic rings. The Balaban J connectivity index is 2.43. The van der Waals surface area contributed by atoms with Gasteiger partial charge < -0.3 is 4.74 Å². The Labute approximate surface area is 112 Å². The summed E-state index contributed by atoms with van der Waals surface area (Å²) < 4.78 is 5.30. The van der Waals surface area contributed by atoms with E-state index in [2.05, 4.69) is 23.0 Å². The normalized spacial score (nSPS) is 11.6. The van der Waals surface area contributed by atoms with Crippen LogP contribution in [0.2, 0.25) is 0 Å². The molecule has 1 heterocycles. The number of aryl methyl sites for hydroxylation is 1. The molecule has 0 radical (unpaired) electrons. The topological polar surface area (TPSA) is 58.8 Å². The zero-order valence-corrected chi connectivity index (χ0v) is 11.0. The fourth-order valence-electron chi connectivity index (χ4n) is 2.00. The van der Waals surface area contributed by atoms with E-state index in [-0.39, 0.29) is 0 Å². The molecule has 1 aromatic carbocycles. The summed E-state index contributed by atoms with van der Waals surface area (Å²) in [5.41, 5.74) is 1.97. The Morgan fingerprint density at radius 1 is 1.32 bits per heavy atom. The minimum absolute atomic E-state index is 0.447. The number of nitriles is 1. The molecule has 0 saturated heterocycles. The average molecular weight is 253 g/mol. The first-order chi connectivity index (χ1) is 9.30. The van der Waals surface area contributed by atoms with Gasteiger partial charge in [0.2, 0.25) is 0 Å². The van der Waals surface area contributed by atoms with Crippen LogP contribution in [0, 0.1) is 11.3 Å². The lowest BCUT2D eigenvalue weighted by molar-refractivity contribution is 0.410. The summed E-state index contributed by atoms with van der Waals surface area (Å²) in [4.78, 5) is 8.32. The Hall–Kier alpha value is -2.41. The molecule has 2 rings (SSSR count). The first-order valence-electron chi connectivity index (χ1n) is 6.13. The van der Waals surface area contributed by atoms with E-state index >= 15 is 0 Å². The summed E-state index contributed by atoms with van der Waals surface area (Å²) in [5, 5.41) is 9.36. The summed E-state index contributed by atoms with van der Waals surface area (Å²) in [5.74, 6) is 0.923. The van der Waals surface area contributed by atoms with Crippen molar-refractivity contribution in [2.75, 3.05) is 7.11 Å². The van der Waals surface area contributed by atoms with Gasteiger partial charge in [0, 0.05) is 12.4 Å². The predicted octanol–water partition coefficient (Wildman–Crippen LogP) is 2.70. The highest BCUT2D eigenvalue weighted by molar-refractivity contribution is 5.42. The van der Waals surface area contributed by atoms with Crippen molar-refractivity contribution in [1.82, 2.24) is 9.97 Å². The molecule has 0 fully saturated rings. The lowest BCUT2D eigenvalue weighted by atomic mass is 9.96. The van der Waals surface area contributed by atoms with Gasteiger partial charge in [-0.25, -0.2) is 9.97 Å². The second-order valence-electron chi connectivity index (χ2n) is 4.09. The zero-order valence-electron chi connectivity index (χ0n) is 11.0. The Bertz CT molecular complexity index is 590. The van der Waals surface area contributed by atoms with Crippen molar-refractivity contribution in [2.45, 2.75) is 19.3 Å². The first kappa shape index (κ1) is 13.0. The summed E-state index contributed by atoms with van der Waals surface area (Å²) in [6.07, 6.45) is 4.15. The van der Waals surface area contributed by atoms with E-state index in [1.54, 1.807) is 25.6 Å². The van der Waals surface area contributed by atoms with Crippen molar-refractivity contribution < 1.29 is 4.74 Å². The van der Waals surface area contributed by atoms with Gasteiger partial charge in [-0.3, -0.25) is 0 Å². The second kappa shape index (κ2) is 5.96. The van der Waals surface area contributed by atoms with Gasteiger partial charge in [0.05, 0.1) is 13.2 Å². The van der Waals surface area contributed by atoms with Gasteiger partial charge in [0.15, 0.2) is 0 Å². The summed E-state index contributed by atoms with van der Waals surface area (Å²) in [6, 6.07) is 9.77. The molecule has 4 nitrogen and oxygen atoms in total. The molecule has 0 amide bonds. The SMILES string of the molecule is CCc1cc(C(C#N)c2ncccn2)ccc1OC. The average Bonchev–Trinajstić information content (AvgIpc) is 2.49. The molecule has 0 aliphatic rings. The van der Waals surface area contributed by atoms with Gasteiger partial charge in [-0.2, -0.15) is 5.26 Å². The number of methoxy groups -OCH3 is 1. The van der Waals surface area contributed by atoms with Gasteiger partial charge >= 0.3 is 0 Å². The molecule has 0 saturated carbocycles. The number of benzene rings is 1.